The van der Waals surface area contributed by atoms with E-state index in [9.17, 15) is 53.7 Å². The monoisotopic (exact) mass is 1220 g/mol. The Bertz CT molecular complexity index is 2910. The summed E-state index contributed by atoms with van der Waals surface area (Å²) in [5.41, 5.74) is 8.53. The first-order valence-corrected chi connectivity index (χ1v) is 32.0. The Hall–Kier alpha value is -6.65. The number of rotatable bonds is 23. The average molecular weight is 1220 g/mol. The molecule has 3 heterocycles. The maximum atomic E-state index is 15.0. The standard InChI is InChI=1S/C57H73N11O11S4/c1-34(70)45(31-69)65-56(78)47-33-82-81-32-46(66-52(74)42(27-36-15-5-3-6-16-36)61-48(72)23-26-80-83-49-22-12-14-25-59-49)55(77)63-43(28-37-17-7-4-8-18-37)53(75)64-44(29-38-30-60-40-20-10-9-19-39(38)40)54(76)62-41(21-11-13-24-58)51(73)68-50(35(2)71)57(79)67-47/h3-10,12,14-20,22,25,30,34-35,41-47,50,60,69-71H,11,13,21,23-24,26-29,31-33,58H2,1-2H3,(H,61,72)(H,62,76)(H,63,77)(H,64,75)(H,65,78)(H,66,74)(H,67,79)(H,68,73)/t34-,35-,41+,42-,43+,44-,45-,46+,47+,50+/m1/s1. The first-order chi connectivity index (χ1) is 40.0. The van der Waals surface area contributed by atoms with Crippen LogP contribution in [0, 0.1) is 0 Å². The van der Waals surface area contributed by atoms with Crippen molar-refractivity contribution in [1.82, 2.24) is 52.5 Å². The largest absolute Gasteiger partial charge is 0.394 e. The van der Waals surface area contributed by atoms with E-state index in [-0.39, 0.29) is 50.2 Å². The molecule has 0 bridgehead atoms. The fourth-order valence-electron chi connectivity index (χ4n) is 8.72. The van der Waals surface area contributed by atoms with E-state index in [0.29, 0.717) is 35.3 Å². The van der Waals surface area contributed by atoms with Crippen LogP contribution in [-0.2, 0) is 57.6 Å². The second kappa shape index (κ2) is 34.2. The van der Waals surface area contributed by atoms with Crippen LogP contribution < -0.4 is 48.3 Å². The summed E-state index contributed by atoms with van der Waals surface area (Å²) in [6.45, 7) is 2.17. The predicted octanol–water partition coefficient (Wildman–Crippen LogP) is 1.58. The number of nitrogens with zero attached hydrogens (tertiary/aromatic N) is 1. The van der Waals surface area contributed by atoms with Gasteiger partial charge in [-0.2, -0.15) is 0 Å². The number of aromatic nitrogens is 2. The number of amides is 8. The smallest absolute Gasteiger partial charge is 0.245 e. The van der Waals surface area contributed by atoms with Gasteiger partial charge in [0.25, 0.3) is 0 Å². The topological polar surface area (TPSA) is 348 Å². The van der Waals surface area contributed by atoms with Crippen LogP contribution in [0.4, 0.5) is 0 Å². The molecule has 5 aromatic rings. The molecule has 1 fully saturated rings. The summed E-state index contributed by atoms with van der Waals surface area (Å²) in [6, 6.07) is 19.5. The molecule has 0 unspecified atom stereocenters. The SMILES string of the molecule is C[C@@H](O)[C@@H]1NC(=O)[C@H](CCCCN)NC(=O)[C@@H](Cc2c[nH]c3ccccc23)NC(=O)[C@H](Cc2ccccc2)NC(=O)[C@@H](NC(=O)[C@@H](Cc2ccccc2)NC(=O)CCSSc2ccccn2)CSSC[C@@H](C(=O)N[C@H](CO)[C@@H](C)O)NC1=O. The number of H-pyrrole nitrogens is 1. The lowest BCUT2D eigenvalue weighted by Gasteiger charge is -2.29. The van der Waals surface area contributed by atoms with E-state index in [2.05, 4.69) is 52.5 Å². The summed E-state index contributed by atoms with van der Waals surface area (Å²) in [5.74, 6) is -6.43. The lowest BCUT2D eigenvalue weighted by Crippen LogP contribution is -2.62. The number of nitrogens with one attached hydrogen (secondary N) is 9. The maximum Gasteiger partial charge on any atom is 0.245 e. The van der Waals surface area contributed by atoms with E-state index in [0.717, 1.165) is 37.5 Å². The molecule has 8 amide bonds. The van der Waals surface area contributed by atoms with E-state index < -0.39 is 114 Å². The molecule has 0 spiro atoms. The van der Waals surface area contributed by atoms with Gasteiger partial charge in [-0.15, -0.1) is 0 Å². The van der Waals surface area contributed by atoms with Crippen molar-refractivity contribution in [3.63, 3.8) is 0 Å². The third-order valence-electron chi connectivity index (χ3n) is 13.3. The molecule has 0 radical (unpaired) electrons. The van der Waals surface area contributed by atoms with Crippen molar-refractivity contribution >= 4 is 101 Å². The Kier molecular flexibility index (Phi) is 27.0. The summed E-state index contributed by atoms with van der Waals surface area (Å²) in [4.78, 5) is 123. The summed E-state index contributed by atoms with van der Waals surface area (Å²) in [6.07, 6.45) is 1.23. The van der Waals surface area contributed by atoms with Gasteiger partial charge in [-0.3, -0.25) is 38.4 Å². The van der Waals surface area contributed by atoms with E-state index in [1.54, 1.807) is 79.1 Å². The van der Waals surface area contributed by atoms with Crippen LogP contribution in [0.15, 0.2) is 121 Å². The van der Waals surface area contributed by atoms with Gasteiger partial charge >= 0.3 is 0 Å². The molecule has 22 nitrogen and oxygen atoms in total. The molecule has 10 atom stereocenters. The van der Waals surface area contributed by atoms with E-state index >= 15 is 0 Å². The number of carbonyl (C=O) groups excluding carboxylic acids is 8. The van der Waals surface area contributed by atoms with Gasteiger partial charge in [0.05, 0.1) is 24.9 Å². The molecule has 2 aromatic heterocycles. The van der Waals surface area contributed by atoms with Gasteiger partial charge in [-0.05, 0) is 85.3 Å². The first kappa shape index (κ1) is 65.5. The molecule has 3 aromatic carbocycles. The van der Waals surface area contributed by atoms with Crippen molar-refractivity contribution in [1.29, 1.82) is 0 Å². The van der Waals surface area contributed by atoms with Crippen LogP contribution in [-0.4, -0.2) is 163 Å². The number of fused-ring (bicyclic) bond motifs is 1. The van der Waals surface area contributed by atoms with Crippen molar-refractivity contribution in [3.05, 3.63) is 132 Å². The van der Waals surface area contributed by atoms with Crippen LogP contribution >= 0.6 is 43.2 Å². The molecule has 1 aliphatic rings. The quantitative estimate of drug-likeness (QED) is 0.0326. The Morgan fingerprint density at radius 2 is 1.36 bits per heavy atom. The highest BCUT2D eigenvalue weighted by molar-refractivity contribution is 8.77. The Morgan fingerprint density at radius 3 is 2.04 bits per heavy atom. The van der Waals surface area contributed by atoms with Gasteiger partial charge in [0, 0.05) is 66.2 Å². The Balaban J connectivity index is 1.38. The highest BCUT2D eigenvalue weighted by Gasteiger charge is 2.37. The van der Waals surface area contributed by atoms with Gasteiger partial charge in [-0.25, -0.2) is 4.98 Å². The van der Waals surface area contributed by atoms with Gasteiger partial charge in [0.2, 0.25) is 47.3 Å². The lowest BCUT2D eigenvalue weighted by molar-refractivity contribution is -0.136. The van der Waals surface area contributed by atoms with Crippen molar-refractivity contribution in [2.24, 2.45) is 5.73 Å². The third kappa shape index (κ3) is 21.2. The fraction of sp³-hybridized carbons (Fsp3) is 0.421. The number of aliphatic hydroxyl groups excluding tert-OH is 3. The molecule has 1 saturated heterocycles. The number of para-hydroxylation sites is 1. The van der Waals surface area contributed by atoms with E-state index in [1.165, 1.54) is 35.4 Å². The Labute approximate surface area is 497 Å². The molecule has 6 rings (SSSR count). The molecule has 0 aliphatic carbocycles. The van der Waals surface area contributed by atoms with Crippen LogP contribution in [0.1, 0.15) is 56.2 Å². The van der Waals surface area contributed by atoms with Crippen LogP contribution in [0.2, 0.25) is 0 Å². The van der Waals surface area contributed by atoms with Crippen molar-refractivity contribution in [3.8, 4) is 0 Å². The normalized spacial score (nSPS) is 21.1. The second-order valence-corrected chi connectivity index (χ2v) is 24.8. The number of pyridine rings is 1. The highest BCUT2D eigenvalue weighted by Crippen LogP contribution is 2.29. The lowest BCUT2D eigenvalue weighted by atomic mass is 10.0. The van der Waals surface area contributed by atoms with Gasteiger partial charge in [0.15, 0.2) is 0 Å². The molecule has 14 N–H and O–H groups in total. The van der Waals surface area contributed by atoms with Crippen molar-refractivity contribution in [2.75, 3.05) is 30.4 Å². The summed E-state index contributed by atoms with van der Waals surface area (Å²) >= 11 is 0. The number of unbranched alkanes of at least 4 members (excludes halogenated alkanes) is 1. The minimum atomic E-state index is -1.70. The Morgan fingerprint density at radius 1 is 0.723 bits per heavy atom. The fourth-order valence-corrected chi connectivity index (χ4v) is 12.9. The molecular formula is C57H73N11O11S4. The number of benzene rings is 3. The number of hydrogen-bond acceptors (Lipinski definition) is 17. The second-order valence-electron chi connectivity index (χ2n) is 19.8. The molecule has 1 aliphatic heterocycles. The zero-order valence-corrected chi connectivity index (χ0v) is 49.3. The molecule has 0 saturated carbocycles. The van der Waals surface area contributed by atoms with E-state index in [4.69, 9.17) is 5.73 Å². The first-order valence-electron chi connectivity index (χ1n) is 27.2. The zero-order chi connectivity index (χ0) is 59.7. The van der Waals surface area contributed by atoms with Crippen LogP contribution in [0.3, 0.4) is 0 Å². The number of aliphatic hydroxyl groups is 3. The number of nitrogens with two attached hydrogens (primary N) is 1. The predicted molar refractivity (Wildman–Crippen MR) is 323 cm³/mol. The summed E-state index contributed by atoms with van der Waals surface area (Å²) in [5, 5.41) is 54.6. The number of carbonyl (C=O) groups is 8. The summed E-state index contributed by atoms with van der Waals surface area (Å²) in [7, 11) is 4.82. The average Bonchev–Trinajstić information content (AvgIpc) is 4.07. The number of aromatic amines is 1. The maximum absolute atomic E-state index is 15.0. The number of hydrogen-bond donors (Lipinski definition) is 13. The molecule has 446 valence electrons. The zero-order valence-electron chi connectivity index (χ0n) is 46.0. The molecule has 26 heteroatoms. The molecule has 83 heavy (non-hydrogen) atoms. The van der Waals surface area contributed by atoms with Crippen molar-refractivity contribution < 1.29 is 53.7 Å². The minimum Gasteiger partial charge on any atom is -0.394 e. The van der Waals surface area contributed by atoms with Crippen LogP contribution in [0.5, 0.6) is 0 Å². The molecular weight excluding hydrogens is 1140 g/mol. The van der Waals surface area contributed by atoms with Gasteiger partial charge < -0.3 is 68.6 Å². The van der Waals surface area contributed by atoms with Gasteiger partial charge in [0.1, 0.15) is 47.3 Å². The third-order valence-corrected chi connectivity index (χ3v) is 18.0. The van der Waals surface area contributed by atoms with E-state index in [1.807, 2.05) is 36.4 Å². The minimum absolute atomic E-state index is 0.0120. The van der Waals surface area contributed by atoms with Crippen molar-refractivity contribution in [2.45, 2.75) is 124 Å². The van der Waals surface area contributed by atoms with Crippen LogP contribution in [0.25, 0.3) is 10.9 Å². The highest BCUT2D eigenvalue weighted by atomic mass is 33.1. The summed E-state index contributed by atoms with van der Waals surface area (Å²) < 4.78 is 0. The van der Waals surface area contributed by atoms with Gasteiger partial charge in [-0.1, -0.05) is 117 Å².